The molecule has 2 aromatic heterocycles. The number of aromatic nitrogens is 2. The number of hydrogen-bond acceptors (Lipinski definition) is 9. The second kappa shape index (κ2) is 16.7. The van der Waals surface area contributed by atoms with Gasteiger partial charge in [0.25, 0.3) is 0 Å². The minimum absolute atomic E-state index is 0.00645. The molecule has 1 fully saturated rings. The molecule has 1 amide bonds. The molecule has 0 saturated carbocycles. The van der Waals surface area contributed by atoms with E-state index in [4.69, 9.17) is 25.8 Å². The fourth-order valence-corrected chi connectivity index (χ4v) is 7.27. The minimum atomic E-state index is -4.74. The Morgan fingerprint density at radius 1 is 1.00 bits per heavy atom. The van der Waals surface area contributed by atoms with Crippen molar-refractivity contribution in [3.63, 3.8) is 0 Å². The van der Waals surface area contributed by atoms with E-state index in [0.717, 1.165) is 45.9 Å². The Morgan fingerprint density at radius 2 is 1.81 bits per heavy atom. The number of hydrogen-bond donors (Lipinski definition) is 4. The van der Waals surface area contributed by atoms with Crippen molar-refractivity contribution in [1.29, 1.82) is 0 Å². The van der Waals surface area contributed by atoms with E-state index in [1.54, 1.807) is 20.2 Å². The number of halogens is 4. The number of carbonyl (C=O) groups is 1. The summed E-state index contributed by atoms with van der Waals surface area (Å²) < 4.78 is 60.4. The molecule has 282 valence electrons. The largest absolute Gasteiger partial charge is 0.496 e. The first kappa shape index (κ1) is 38.3. The SMILES string of the molecule is COc1cc(-c2nccc(-c3cccc4c3CCC[C@H]4Oc3nc(OC)c(CNC[C@@H](C)O)cc3C(F)(F)F)c2Cl)ccc1CNC[C@@H]1CCC(=O)N1. The van der Waals surface area contributed by atoms with Crippen molar-refractivity contribution in [1.82, 2.24) is 25.9 Å². The Bertz CT molecular complexity index is 1940. The van der Waals surface area contributed by atoms with E-state index < -0.39 is 29.8 Å². The lowest BCUT2D eigenvalue weighted by molar-refractivity contribution is -0.139. The molecule has 1 aliphatic carbocycles. The second-order valence-electron chi connectivity index (χ2n) is 13.3. The van der Waals surface area contributed by atoms with Crippen molar-refractivity contribution < 1.29 is 37.3 Å². The smallest absolute Gasteiger partial charge is 0.421 e. The van der Waals surface area contributed by atoms with Crippen LogP contribution < -0.4 is 30.2 Å². The van der Waals surface area contributed by atoms with Gasteiger partial charge < -0.3 is 35.3 Å². The second-order valence-corrected chi connectivity index (χ2v) is 13.7. The molecule has 53 heavy (non-hydrogen) atoms. The minimum Gasteiger partial charge on any atom is -0.496 e. The van der Waals surface area contributed by atoms with Crippen LogP contribution in [0.25, 0.3) is 22.4 Å². The van der Waals surface area contributed by atoms with Crippen molar-refractivity contribution in [3.05, 3.63) is 87.6 Å². The van der Waals surface area contributed by atoms with E-state index in [9.17, 15) is 23.1 Å². The van der Waals surface area contributed by atoms with Crippen molar-refractivity contribution in [3.8, 4) is 39.9 Å². The predicted molar refractivity (Wildman–Crippen MR) is 195 cm³/mol. The average Bonchev–Trinajstić information content (AvgIpc) is 3.56. The lowest BCUT2D eigenvalue weighted by atomic mass is 9.84. The third kappa shape index (κ3) is 8.86. The number of rotatable bonds is 14. The average molecular weight is 754 g/mol. The molecule has 0 bridgehead atoms. The van der Waals surface area contributed by atoms with Crippen LogP contribution in [0.5, 0.6) is 17.5 Å². The highest BCUT2D eigenvalue weighted by molar-refractivity contribution is 6.35. The number of amides is 1. The zero-order valence-corrected chi connectivity index (χ0v) is 30.5. The van der Waals surface area contributed by atoms with Gasteiger partial charge in [-0.1, -0.05) is 41.9 Å². The molecule has 1 aliphatic heterocycles. The van der Waals surface area contributed by atoms with Gasteiger partial charge in [0.15, 0.2) is 0 Å². The Hall–Kier alpha value is -4.43. The Balaban J connectivity index is 1.27. The summed E-state index contributed by atoms with van der Waals surface area (Å²) in [5, 5.41) is 19.3. The maximum atomic E-state index is 14.4. The van der Waals surface area contributed by atoms with E-state index in [0.29, 0.717) is 55.2 Å². The summed E-state index contributed by atoms with van der Waals surface area (Å²) in [7, 11) is 2.95. The number of benzene rings is 2. The number of carbonyl (C=O) groups excluding carboxylic acids is 1. The van der Waals surface area contributed by atoms with Crippen molar-refractivity contribution in [2.24, 2.45) is 0 Å². The predicted octanol–water partition coefficient (Wildman–Crippen LogP) is 6.80. The van der Waals surface area contributed by atoms with Gasteiger partial charge in [0.1, 0.15) is 17.4 Å². The molecule has 3 heterocycles. The van der Waals surface area contributed by atoms with Gasteiger partial charge in [0.2, 0.25) is 17.7 Å². The first-order valence-electron chi connectivity index (χ1n) is 17.6. The van der Waals surface area contributed by atoms with Gasteiger partial charge in [-0.2, -0.15) is 18.2 Å². The molecule has 4 N–H and O–H groups in total. The maximum Gasteiger partial charge on any atom is 0.421 e. The van der Waals surface area contributed by atoms with Crippen molar-refractivity contribution in [2.45, 2.75) is 76.5 Å². The number of aliphatic hydroxyl groups is 1. The molecule has 10 nitrogen and oxygen atoms in total. The van der Waals surface area contributed by atoms with Gasteiger partial charge in [-0.05, 0) is 67.5 Å². The molecule has 1 saturated heterocycles. The number of nitrogens with one attached hydrogen (secondary N) is 3. The van der Waals surface area contributed by atoms with Gasteiger partial charge in [0.05, 0.1) is 31.0 Å². The Morgan fingerprint density at radius 3 is 2.53 bits per heavy atom. The lowest BCUT2D eigenvalue weighted by Gasteiger charge is -2.29. The molecule has 0 radical (unpaired) electrons. The molecular weight excluding hydrogens is 711 g/mol. The maximum absolute atomic E-state index is 14.4. The third-order valence-corrected chi connectivity index (χ3v) is 9.90. The Kier molecular flexibility index (Phi) is 12.1. The van der Waals surface area contributed by atoms with E-state index in [1.807, 2.05) is 42.5 Å². The monoisotopic (exact) mass is 753 g/mol. The van der Waals surface area contributed by atoms with E-state index >= 15 is 0 Å². The molecule has 3 atom stereocenters. The van der Waals surface area contributed by atoms with E-state index in [2.05, 4.69) is 25.9 Å². The van der Waals surface area contributed by atoms with Crippen LogP contribution in [0.1, 0.15) is 66.5 Å². The lowest BCUT2D eigenvalue weighted by Crippen LogP contribution is -2.35. The van der Waals surface area contributed by atoms with Crippen LogP contribution >= 0.6 is 11.6 Å². The summed E-state index contributed by atoms with van der Waals surface area (Å²) in [6.07, 6.45) is -1.23. The fourth-order valence-electron chi connectivity index (χ4n) is 6.95. The van der Waals surface area contributed by atoms with Crippen LogP contribution in [0.3, 0.4) is 0 Å². The number of aliphatic hydroxyl groups excluding tert-OH is 1. The van der Waals surface area contributed by atoms with Crippen LogP contribution in [-0.2, 0) is 30.5 Å². The number of nitrogens with zero attached hydrogens (tertiary/aromatic N) is 2. The van der Waals surface area contributed by atoms with Crippen molar-refractivity contribution >= 4 is 17.5 Å². The first-order chi connectivity index (χ1) is 25.5. The summed E-state index contributed by atoms with van der Waals surface area (Å²) >= 11 is 7.11. The highest BCUT2D eigenvalue weighted by atomic mass is 35.5. The van der Waals surface area contributed by atoms with E-state index in [1.165, 1.54) is 7.11 Å². The molecule has 4 aromatic rings. The quantitative estimate of drug-likeness (QED) is 0.110. The third-order valence-electron chi connectivity index (χ3n) is 9.52. The van der Waals surface area contributed by atoms with Crippen molar-refractivity contribution in [2.75, 3.05) is 27.3 Å². The van der Waals surface area contributed by atoms with E-state index in [-0.39, 0.29) is 36.5 Å². The van der Waals surface area contributed by atoms with Gasteiger partial charge in [-0.3, -0.25) is 9.78 Å². The summed E-state index contributed by atoms with van der Waals surface area (Å²) in [6.45, 7) is 2.99. The number of fused-ring (bicyclic) bond motifs is 1. The van der Waals surface area contributed by atoms with Gasteiger partial charge in [0, 0.05) is 67.1 Å². The molecule has 6 rings (SSSR count). The highest BCUT2D eigenvalue weighted by Crippen LogP contribution is 2.45. The van der Waals surface area contributed by atoms with Gasteiger partial charge in [-0.15, -0.1) is 0 Å². The first-order valence-corrected chi connectivity index (χ1v) is 18.0. The summed E-state index contributed by atoms with van der Waals surface area (Å²) in [4.78, 5) is 20.3. The van der Waals surface area contributed by atoms with Crippen LogP contribution in [-0.4, -0.2) is 60.4 Å². The van der Waals surface area contributed by atoms with Crippen LogP contribution in [0, 0.1) is 0 Å². The molecule has 0 spiro atoms. The standard InChI is InChI=1S/C39H43ClF3N5O5/c1-22(49)18-44-20-25-16-31(39(41,42)43)38(48-37(25)52-3)53-32-9-5-7-27-28(6-4-8-29(27)32)30-14-15-46-36(35(30)40)23-10-11-24(33(17-23)51-2)19-45-21-26-12-13-34(50)47-26/h4,6,8,10-11,14-17,22,26,32,44-45,49H,5,7,9,12-13,18-21H2,1-3H3,(H,47,50)/t22-,26+,32-/m1/s1. The normalized spacial score (nSPS) is 17.6. The summed E-state index contributed by atoms with van der Waals surface area (Å²) in [6, 6.07) is 14.4. The molecular formula is C39H43ClF3N5O5. The van der Waals surface area contributed by atoms with Gasteiger partial charge in [-0.25, -0.2) is 0 Å². The fraction of sp³-hybridized carbons (Fsp3) is 0.410. The topological polar surface area (TPSA) is 127 Å². The number of alkyl halides is 3. The molecule has 14 heteroatoms. The number of methoxy groups -OCH3 is 2. The van der Waals surface area contributed by atoms with Crippen LogP contribution in [0.2, 0.25) is 5.02 Å². The Labute approximate surface area is 311 Å². The number of ether oxygens (including phenoxy) is 3. The molecule has 0 unspecified atom stereocenters. The molecule has 2 aromatic carbocycles. The molecule has 2 aliphatic rings. The highest BCUT2D eigenvalue weighted by Gasteiger charge is 2.38. The van der Waals surface area contributed by atoms with Crippen LogP contribution in [0.4, 0.5) is 13.2 Å². The zero-order chi connectivity index (χ0) is 37.7. The van der Waals surface area contributed by atoms with Crippen LogP contribution in [0.15, 0.2) is 54.7 Å². The summed E-state index contributed by atoms with van der Waals surface area (Å²) in [5.74, 6) is 0.192. The summed E-state index contributed by atoms with van der Waals surface area (Å²) in [5.41, 5.74) is 4.73. The van der Waals surface area contributed by atoms with Gasteiger partial charge >= 0.3 is 6.18 Å². The number of pyridine rings is 2. The zero-order valence-electron chi connectivity index (χ0n) is 29.8.